The van der Waals surface area contributed by atoms with Crippen LogP contribution >= 0.6 is 23.2 Å². The van der Waals surface area contributed by atoms with Gasteiger partial charge < -0.3 is 15.4 Å². The Morgan fingerprint density at radius 3 is 2.25 bits per heavy atom. The van der Waals surface area contributed by atoms with Gasteiger partial charge in [0, 0.05) is 22.0 Å². The van der Waals surface area contributed by atoms with Crippen LogP contribution in [-0.4, -0.2) is 30.8 Å². The third-order valence-corrected chi connectivity index (χ3v) is 6.23. The number of methoxy groups -OCH3 is 1. The van der Waals surface area contributed by atoms with Gasteiger partial charge in [0.25, 0.3) is 17.7 Å². The molecule has 1 aliphatic heterocycles. The van der Waals surface area contributed by atoms with Crippen molar-refractivity contribution in [3.05, 3.63) is 99.2 Å². The van der Waals surface area contributed by atoms with Crippen molar-refractivity contribution in [2.45, 2.75) is 6.92 Å². The average molecular weight is 524 g/mol. The molecule has 0 unspecified atom stereocenters. The van der Waals surface area contributed by atoms with Gasteiger partial charge in [-0.3, -0.25) is 14.4 Å². The zero-order valence-corrected chi connectivity index (χ0v) is 20.6. The van der Waals surface area contributed by atoms with Gasteiger partial charge in [0.1, 0.15) is 10.7 Å². The summed E-state index contributed by atoms with van der Waals surface area (Å²) in [6, 6.07) is 17.5. The minimum atomic E-state index is -0.682. The Hall–Kier alpha value is -4.14. The van der Waals surface area contributed by atoms with Gasteiger partial charge in [0.15, 0.2) is 0 Å². The fraction of sp³-hybridized carbons (Fsp3) is 0.0769. The van der Waals surface area contributed by atoms with Crippen molar-refractivity contribution in [2.24, 2.45) is 0 Å². The highest BCUT2D eigenvalue weighted by Crippen LogP contribution is 2.34. The predicted molar refractivity (Wildman–Crippen MR) is 137 cm³/mol. The van der Waals surface area contributed by atoms with Crippen LogP contribution in [0.2, 0.25) is 5.02 Å². The van der Waals surface area contributed by atoms with E-state index < -0.39 is 23.7 Å². The molecule has 1 aliphatic rings. The Balaban J connectivity index is 1.52. The lowest BCUT2D eigenvalue weighted by molar-refractivity contribution is -0.120. The number of halogens is 2. The molecule has 8 nitrogen and oxygen atoms in total. The molecule has 0 atom stereocenters. The number of carbonyl (C=O) groups excluding carboxylic acids is 4. The molecule has 0 aromatic heterocycles. The van der Waals surface area contributed by atoms with Crippen LogP contribution in [0, 0.1) is 6.92 Å². The first-order valence-corrected chi connectivity index (χ1v) is 11.4. The number of hydrogen-bond donors (Lipinski definition) is 2. The third-order valence-electron chi connectivity index (χ3n) is 5.47. The highest BCUT2D eigenvalue weighted by Gasteiger charge is 2.39. The smallest absolute Gasteiger partial charge is 0.337 e. The molecule has 0 aliphatic carbocycles. The first kappa shape index (κ1) is 25.0. The molecule has 0 saturated heterocycles. The van der Waals surface area contributed by atoms with E-state index in [0.29, 0.717) is 33.2 Å². The summed E-state index contributed by atoms with van der Waals surface area (Å²) in [7, 11) is 1.28. The quantitative estimate of drug-likeness (QED) is 0.343. The molecule has 10 heteroatoms. The van der Waals surface area contributed by atoms with Crippen LogP contribution < -0.4 is 15.5 Å². The molecular weight excluding hydrogens is 505 g/mol. The first-order chi connectivity index (χ1) is 17.2. The monoisotopic (exact) mass is 523 g/mol. The molecule has 0 fully saturated rings. The molecule has 4 rings (SSSR count). The van der Waals surface area contributed by atoms with Crippen LogP contribution in [0.5, 0.6) is 0 Å². The molecule has 0 radical (unpaired) electrons. The summed E-state index contributed by atoms with van der Waals surface area (Å²) < 4.78 is 4.66. The SMILES string of the molecule is COC(=O)c1ccc(NC(=O)c2cccc(NC3=C(Cl)C(=O)N(c4cccc(Cl)c4C)C3=O)c2)cc1. The van der Waals surface area contributed by atoms with Gasteiger partial charge in [-0.25, -0.2) is 9.69 Å². The largest absolute Gasteiger partial charge is 0.465 e. The van der Waals surface area contributed by atoms with E-state index in [-0.39, 0.29) is 16.3 Å². The summed E-state index contributed by atoms with van der Waals surface area (Å²) in [6.45, 7) is 1.70. The number of nitrogens with zero attached hydrogens (tertiary/aromatic N) is 1. The molecule has 3 aromatic rings. The Bertz CT molecular complexity index is 1430. The summed E-state index contributed by atoms with van der Waals surface area (Å²) in [6.07, 6.45) is 0. The van der Waals surface area contributed by atoms with E-state index in [1.165, 1.54) is 25.3 Å². The van der Waals surface area contributed by atoms with Gasteiger partial charge in [0.05, 0.1) is 18.4 Å². The zero-order chi connectivity index (χ0) is 26.0. The van der Waals surface area contributed by atoms with Crippen LogP contribution in [0.4, 0.5) is 17.1 Å². The molecule has 0 bridgehead atoms. The van der Waals surface area contributed by atoms with Crippen LogP contribution in [-0.2, 0) is 14.3 Å². The van der Waals surface area contributed by atoms with Crippen LogP contribution in [0.25, 0.3) is 0 Å². The summed E-state index contributed by atoms with van der Waals surface area (Å²) in [5.74, 6) is -2.23. The molecule has 1 heterocycles. The lowest BCUT2D eigenvalue weighted by Crippen LogP contribution is -2.32. The van der Waals surface area contributed by atoms with Gasteiger partial charge in [-0.15, -0.1) is 0 Å². The van der Waals surface area contributed by atoms with Crippen molar-refractivity contribution < 1.29 is 23.9 Å². The maximum absolute atomic E-state index is 13.1. The minimum Gasteiger partial charge on any atom is -0.465 e. The number of ether oxygens (including phenoxy) is 1. The fourth-order valence-electron chi connectivity index (χ4n) is 3.56. The summed E-state index contributed by atoms with van der Waals surface area (Å²) >= 11 is 12.4. The van der Waals surface area contributed by atoms with Crippen LogP contribution in [0.15, 0.2) is 77.5 Å². The second-order valence-electron chi connectivity index (χ2n) is 7.75. The summed E-state index contributed by atoms with van der Waals surface area (Å²) in [4.78, 5) is 51.2. The molecular formula is C26H19Cl2N3O5. The van der Waals surface area contributed by atoms with Gasteiger partial charge in [-0.2, -0.15) is 0 Å². The standard InChI is InChI=1S/C26H19Cl2N3O5/c1-14-19(27)7-4-8-20(14)31-24(33)21(28)22(25(31)34)29-18-6-3-5-16(13-18)23(32)30-17-11-9-15(10-12-17)26(35)36-2/h3-13,29H,1-2H3,(H,30,32). The van der Waals surface area contributed by atoms with Gasteiger partial charge in [0.2, 0.25) is 0 Å². The van der Waals surface area contributed by atoms with Gasteiger partial charge >= 0.3 is 5.97 Å². The van der Waals surface area contributed by atoms with Crippen molar-refractivity contribution in [1.82, 2.24) is 0 Å². The fourth-order valence-corrected chi connectivity index (χ4v) is 3.94. The second-order valence-corrected chi connectivity index (χ2v) is 8.53. The molecule has 182 valence electrons. The normalized spacial score (nSPS) is 13.2. The molecule has 0 saturated carbocycles. The average Bonchev–Trinajstić information content (AvgIpc) is 3.09. The molecule has 36 heavy (non-hydrogen) atoms. The van der Waals surface area contributed by atoms with Gasteiger partial charge in [-0.05, 0) is 67.1 Å². The summed E-state index contributed by atoms with van der Waals surface area (Å²) in [5.41, 5.74) is 2.27. The molecule has 0 spiro atoms. The van der Waals surface area contributed by atoms with Crippen molar-refractivity contribution in [3.8, 4) is 0 Å². The highest BCUT2D eigenvalue weighted by molar-refractivity contribution is 6.53. The molecule has 3 amide bonds. The first-order valence-electron chi connectivity index (χ1n) is 10.6. The molecule has 3 aromatic carbocycles. The van der Waals surface area contributed by atoms with E-state index >= 15 is 0 Å². The number of rotatable bonds is 6. The van der Waals surface area contributed by atoms with Crippen LogP contribution in [0.1, 0.15) is 26.3 Å². The Labute approximate surface area is 216 Å². The lowest BCUT2D eigenvalue weighted by Gasteiger charge is -2.18. The zero-order valence-electron chi connectivity index (χ0n) is 19.1. The Morgan fingerprint density at radius 1 is 0.861 bits per heavy atom. The van der Waals surface area contributed by atoms with Crippen molar-refractivity contribution >= 4 is 64.0 Å². The van der Waals surface area contributed by atoms with E-state index in [4.69, 9.17) is 23.2 Å². The number of nitrogens with one attached hydrogen (secondary N) is 2. The predicted octanol–water partition coefficient (Wildman–Crippen LogP) is 5.12. The number of benzene rings is 3. The Morgan fingerprint density at radius 2 is 1.56 bits per heavy atom. The topological polar surface area (TPSA) is 105 Å². The van der Waals surface area contributed by atoms with Crippen LogP contribution in [0.3, 0.4) is 0 Å². The van der Waals surface area contributed by atoms with E-state index in [1.54, 1.807) is 55.5 Å². The van der Waals surface area contributed by atoms with Crippen molar-refractivity contribution in [2.75, 3.05) is 22.6 Å². The number of carbonyl (C=O) groups is 4. The number of esters is 1. The van der Waals surface area contributed by atoms with E-state index in [9.17, 15) is 19.2 Å². The highest BCUT2D eigenvalue weighted by atomic mass is 35.5. The van der Waals surface area contributed by atoms with E-state index in [2.05, 4.69) is 15.4 Å². The number of anilines is 3. The number of hydrogen-bond acceptors (Lipinski definition) is 6. The van der Waals surface area contributed by atoms with E-state index in [1.807, 2.05) is 0 Å². The third kappa shape index (κ3) is 4.82. The maximum Gasteiger partial charge on any atom is 0.337 e. The lowest BCUT2D eigenvalue weighted by atomic mass is 10.1. The van der Waals surface area contributed by atoms with Crippen molar-refractivity contribution in [1.29, 1.82) is 0 Å². The van der Waals surface area contributed by atoms with Gasteiger partial charge in [-0.1, -0.05) is 35.3 Å². The number of imide groups is 1. The maximum atomic E-state index is 13.1. The minimum absolute atomic E-state index is 0.114. The summed E-state index contributed by atoms with van der Waals surface area (Å²) in [5, 5.41) is 5.72. The Kier molecular flexibility index (Phi) is 7.10. The number of amides is 3. The van der Waals surface area contributed by atoms with Crippen molar-refractivity contribution in [3.63, 3.8) is 0 Å². The second kappa shape index (κ2) is 10.2. The molecule has 2 N–H and O–H groups in total. The van der Waals surface area contributed by atoms with E-state index in [0.717, 1.165) is 4.90 Å².